The predicted octanol–water partition coefficient (Wildman–Crippen LogP) is 6.30. The number of anilines is 1. The number of hydrogen-bond donors (Lipinski definition) is 3. The van der Waals surface area contributed by atoms with E-state index in [0.717, 1.165) is 27.7 Å². The largest absolute Gasteiger partial charge is 0.465 e. The zero-order chi connectivity index (χ0) is 37.8. The molecule has 3 fully saturated rings. The fourth-order valence-electron chi connectivity index (χ4n) is 7.00. The maximum Gasteiger partial charge on any atom is 0.416 e. The molecule has 17 heteroatoms. The molecule has 4 aliphatic rings. The minimum absolute atomic E-state index is 0.0298. The summed E-state index contributed by atoms with van der Waals surface area (Å²) in [6.07, 6.45) is 2.47. The number of carbonyl (C=O) groups is 3. The van der Waals surface area contributed by atoms with Crippen LogP contribution in [0.25, 0.3) is 10.2 Å². The van der Waals surface area contributed by atoms with E-state index in [2.05, 4.69) is 36.3 Å². The molecule has 11 nitrogen and oxygen atoms in total. The highest BCUT2D eigenvalue weighted by Gasteiger charge is 2.63. The van der Waals surface area contributed by atoms with Gasteiger partial charge in [0.05, 0.1) is 27.1 Å². The van der Waals surface area contributed by atoms with Gasteiger partial charge < -0.3 is 20.3 Å². The molecule has 0 unspecified atom stereocenters. The lowest BCUT2D eigenvalue weighted by molar-refractivity contribution is -0.140. The van der Waals surface area contributed by atoms with Crippen LogP contribution in [0.2, 0.25) is 0 Å². The van der Waals surface area contributed by atoms with E-state index in [1.165, 1.54) is 28.4 Å². The maximum absolute atomic E-state index is 14.5. The minimum Gasteiger partial charge on any atom is -0.465 e. The molecule has 0 radical (unpaired) electrons. The number of nitrogens with one attached hydrogen (secondary N) is 3. The van der Waals surface area contributed by atoms with Gasteiger partial charge in [0.1, 0.15) is 23.7 Å². The van der Waals surface area contributed by atoms with E-state index in [4.69, 9.17) is 4.74 Å². The number of alkyl halides is 3. The first-order chi connectivity index (χ1) is 25.1. The van der Waals surface area contributed by atoms with Crippen molar-refractivity contribution in [2.24, 2.45) is 5.92 Å². The molecule has 53 heavy (non-hydrogen) atoms. The lowest BCUT2D eigenvalue weighted by atomic mass is 10.0. The minimum atomic E-state index is -4.59. The molecule has 5 atom stereocenters. The molecule has 284 valence electrons. The van der Waals surface area contributed by atoms with Gasteiger partial charge in [-0.3, -0.25) is 19.1 Å². The Morgan fingerprint density at radius 2 is 1.92 bits per heavy atom. The molecule has 7 rings (SSSR count). The fourth-order valence-corrected chi connectivity index (χ4v) is 9.75. The Bertz CT molecular complexity index is 2070. The van der Waals surface area contributed by atoms with Gasteiger partial charge in [0.25, 0.3) is 11.1 Å². The highest BCUT2D eigenvalue weighted by molar-refractivity contribution is 9.10. The summed E-state index contributed by atoms with van der Waals surface area (Å²) in [6, 6.07) is 8.08. The van der Waals surface area contributed by atoms with Gasteiger partial charge in [0, 0.05) is 22.5 Å². The first-order valence-electron chi connectivity index (χ1n) is 17.6. The molecule has 0 bridgehead atoms. The monoisotopic (exact) mass is 837 g/mol. The fraction of sp³-hybridized carbons (Fsp3) is 0.500. The smallest absolute Gasteiger partial charge is 0.416 e. The molecule has 1 saturated heterocycles. The molecule has 1 aromatic heterocycles. The number of benzene rings is 2. The summed E-state index contributed by atoms with van der Waals surface area (Å²) in [7, 11) is -4.01. The summed E-state index contributed by atoms with van der Waals surface area (Å²) in [5.74, 6) is -2.46. The zero-order valence-electron chi connectivity index (χ0n) is 28.7. The van der Waals surface area contributed by atoms with E-state index in [1.807, 2.05) is 30.4 Å². The van der Waals surface area contributed by atoms with E-state index in [-0.39, 0.29) is 31.5 Å². The second kappa shape index (κ2) is 14.2. The average Bonchev–Trinajstić information content (AvgIpc) is 3.91. The summed E-state index contributed by atoms with van der Waals surface area (Å²) >= 11 is 4.75. The van der Waals surface area contributed by atoms with Crippen LogP contribution in [0, 0.1) is 5.92 Å². The Hall–Kier alpha value is -3.70. The average molecular weight is 839 g/mol. The van der Waals surface area contributed by atoms with Gasteiger partial charge in [-0.25, -0.2) is 13.4 Å². The molecule has 3 amide bonds. The highest BCUT2D eigenvalue weighted by atomic mass is 79.9. The van der Waals surface area contributed by atoms with E-state index in [9.17, 15) is 36.0 Å². The Balaban J connectivity index is 1.19. The van der Waals surface area contributed by atoms with E-state index >= 15 is 0 Å². The van der Waals surface area contributed by atoms with Crippen molar-refractivity contribution >= 4 is 70.9 Å². The van der Waals surface area contributed by atoms with Crippen molar-refractivity contribution in [3.05, 3.63) is 64.7 Å². The van der Waals surface area contributed by atoms with Crippen molar-refractivity contribution in [3.63, 3.8) is 0 Å². The summed E-state index contributed by atoms with van der Waals surface area (Å²) in [5, 5.41) is 6.19. The quantitative estimate of drug-likeness (QED) is 0.235. The van der Waals surface area contributed by atoms with Crippen molar-refractivity contribution in [2.45, 2.75) is 99.4 Å². The second-order valence-corrected chi connectivity index (χ2v) is 18.7. The van der Waals surface area contributed by atoms with Crippen LogP contribution in [0.4, 0.5) is 18.9 Å². The number of ether oxygens (including phenoxy) is 1. The van der Waals surface area contributed by atoms with Gasteiger partial charge in [-0.2, -0.15) is 13.2 Å². The van der Waals surface area contributed by atoms with Crippen LogP contribution in [0.15, 0.2) is 59.1 Å². The summed E-state index contributed by atoms with van der Waals surface area (Å²) in [5.41, 5.74) is -1.60. The van der Waals surface area contributed by atoms with Crippen molar-refractivity contribution in [1.82, 2.24) is 19.9 Å². The Kier molecular flexibility index (Phi) is 10.1. The number of aromatic nitrogens is 1. The zero-order valence-corrected chi connectivity index (χ0v) is 32.0. The molecule has 2 aliphatic heterocycles. The number of halogens is 4. The summed E-state index contributed by atoms with van der Waals surface area (Å²) < 4.78 is 76.1. The lowest BCUT2D eigenvalue weighted by Gasteiger charge is -2.30. The Morgan fingerprint density at radius 3 is 2.68 bits per heavy atom. The van der Waals surface area contributed by atoms with Gasteiger partial charge in [-0.05, 0) is 81.8 Å². The van der Waals surface area contributed by atoms with Gasteiger partial charge in [-0.1, -0.05) is 58.3 Å². The Labute approximate surface area is 317 Å². The number of amides is 3. The highest BCUT2D eigenvalue weighted by Crippen LogP contribution is 2.47. The van der Waals surface area contributed by atoms with Crippen LogP contribution < -0.4 is 20.1 Å². The van der Waals surface area contributed by atoms with Crippen LogP contribution in [0.3, 0.4) is 0 Å². The molecule has 2 aromatic carbocycles. The Morgan fingerprint density at radius 1 is 1.13 bits per heavy atom. The number of fused-ring (bicyclic) bond motifs is 3. The number of sulfonamides is 1. The summed E-state index contributed by atoms with van der Waals surface area (Å²) in [4.78, 5) is 48.5. The van der Waals surface area contributed by atoms with Crippen LogP contribution >= 0.6 is 27.3 Å². The standard InChI is InChI=1S/C36H39BrF3N5O6S2/c1-34(14-15-34)53(49,50)44-32(48)35-19-22(35)8-5-3-2-4-6-11-27(41-24-10-7-9-21(16-24)36(38,39)40)31(47)45-20-25(18-28(45)30(46)43-35)51-33-42-26-13-12-23(37)17-29(26)52-33/h5,7-10,12-13,16-17,22,25,27-28,41H,2-4,6,11,14-15,18-20H2,1H3,(H,43,46)(H,44,48)/b8-5-/t22-,25+,27-,28-,35+/m0/s1. The van der Waals surface area contributed by atoms with Crippen LogP contribution in [0.1, 0.15) is 70.3 Å². The van der Waals surface area contributed by atoms with Crippen molar-refractivity contribution in [2.75, 3.05) is 11.9 Å². The lowest BCUT2D eigenvalue weighted by Crippen LogP contribution is -2.58. The molecule has 2 saturated carbocycles. The number of allylic oxidation sites excluding steroid dienone is 1. The topological polar surface area (TPSA) is 147 Å². The van der Waals surface area contributed by atoms with Crippen LogP contribution in [-0.4, -0.2) is 71.0 Å². The van der Waals surface area contributed by atoms with Crippen molar-refractivity contribution in [1.29, 1.82) is 0 Å². The number of rotatable bonds is 7. The van der Waals surface area contributed by atoms with E-state index in [1.54, 1.807) is 6.92 Å². The molecular weight excluding hydrogens is 799 g/mol. The third-order valence-corrected chi connectivity index (χ3v) is 14.2. The van der Waals surface area contributed by atoms with E-state index in [0.29, 0.717) is 42.8 Å². The molecule has 2 aliphatic carbocycles. The van der Waals surface area contributed by atoms with Gasteiger partial charge in [-0.15, -0.1) is 0 Å². The van der Waals surface area contributed by atoms with E-state index < -0.39 is 73.9 Å². The molecule has 0 spiro atoms. The normalized spacial score (nSPS) is 28.1. The van der Waals surface area contributed by atoms with Crippen LogP contribution in [0.5, 0.6) is 5.19 Å². The number of hydrogen-bond acceptors (Lipinski definition) is 9. The number of nitrogens with zero attached hydrogens (tertiary/aromatic N) is 2. The molecular formula is C36H39BrF3N5O6S2. The molecule has 3 N–H and O–H groups in total. The molecule has 3 heterocycles. The predicted molar refractivity (Wildman–Crippen MR) is 197 cm³/mol. The first-order valence-corrected chi connectivity index (χ1v) is 20.7. The van der Waals surface area contributed by atoms with Gasteiger partial charge in [0.15, 0.2) is 0 Å². The number of carbonyl (C=O) groups excluding carboxylic acids is 3. The van der Waals surface area contributed by atoms with Crippen LogP contribution in [-0.2, 0) is 30.6 Å². The van der Waals surface area contributed by atoms with Crippen molar-refractivity contribution < 1.29 is 40.7 Å². The maximum atomic E-state index is 14.5. The number of thiazole rings is 1. The second-order valence-electron chi connectivity index (χ2n) is 14.6. The third-order valence-electron chi connectivity index (χ3n) is 10.6. The van der Waals surface area contributed by atoms with Crippen molar-refractivity contribution in [3.8, 4) is 5.19 Å². The summed E-state index contributed by atoms with van der Waals surface area (Å²) in [6.45, 7) is 1.53. The SMILES string of the molecule is CC1(S(=O)(=O)NC(=O)[C@@]23C[C@@H]2/C=C\CCCCC[C@H](Nc2cccc(C(F)(F)F)c2)C(=O)N2C[C@H](Oc4nc5ccc(Br)cc5s4)C[C@H]2C(=O)N3)CC1. The first kappa shape index (κ1) is 37.6. The van der Waals surface area contributed by atoms with Gasteiger partial charge >= 0.3 is 6.18 Å². The molecule has 3 aromatic rings. The third kappa shape index (κ3) is 7.93. The van der Waals surface area contributed by atoms with Gasteiger partial charge in [0.2, 0.25) is 21.8 Å².